The summed E-state index contributed by atoms with van der Waals surface area (Å²) in [6, 6.07) is 2.87. The Morgan fingerprint density at radius 1 is 1.38 bits per heavy atom. The van der Waals surface area contributed by atoms with Gasteiger partial charge in [-0.3, -0.25) is 9.59 Å². The van der Waals surface area contributed by atoms with Gasteiger partial charge in [-0.1, -0.05) is 11.6 Å². The Labute approximate surface area is 156 Å². The van der Waals surface area contributed by atoms with E-state index in [0.717, 1.165) is 12.1 Å². The zero-order valence-corrected chi connectivity index (χ0v) is 15.7. The van der Waals surface area contributed by atoms with E-state index in [9.17, 15) is 18.8 Å². The molecule has 1 aromatic rings. The lowest BCUT2D eigenvalue weighted by molar-refractivity contribution is -0.128. The summed E-state index contributed by atoms with van der Waals surface area (Å²) < 4.78 is 18.3. The lowest BCUT2D eigenvalue weighted by atomic mass is 10.0. The number of ketones is 1. The monoisotopic (exact) mass is 384 g/mol. The van der Waals surface area contributed by atoms with Gasteiger partial charge >= 0.3 is 6.09 Å². The third-order valence-corrected chi connectivity index (χ3v) is 4.16. The molecular formula is C18H22ClFN2O4. The van der Waals surface area contributed by atoms with E-state index in [2.05, 4.69) is 5.32 Å². The van der Waals surface area contributed by atoms with Crippen LogP contribution in [0.5, 0.6) is 0 Å². The van der Waals surface area contributed by atoms with E-state index in [4.69, 9.17) is 16.3 Å². The van der Waals surface area contributed by atoms with E-state index in [-0.39, 0.29) is 41.8 Å². The smallest absolute Gasteiger partial charge is 0.407 e. The minimum absolute atomic E-state index is 0.0150. The number of nitrogens with one attached hydrogen (secondary N) is 1. The number of carbonyl (C=O) groups is 3. The van der Waals surface area contributed by atoms with Crippen LogP contribution in [-0.4, -0.2) is 47.4 Å². The van der Waals surface area contributed by atoms with Crippen molar-refractivity contribution >= 4 is 29.4 Å². The van der Waals surface area contributed by atoms with Crippen LogP contribution >= 0.6 is 11.6 Å². The zero-order chi connectivity index (χ0) is 19.5. The Bertz CT molecular complexity index is 718. The third kappa shape index (κ3) is 5.17. The highest BCUT2D eigenvalue weighted by atomic mass is 35.5. The number of halogens is 2. The number of Topliss-reactive ketones (excluding diaryl/α,β-unsaturated/α-hetero) is 1. The maximum Gasteiger partial charge on any atom is 0.407 e. The largest absolute Gasteiger partial charge is 0.444 e. The molecule has 0 spiro atoms. The Balaban J connectivity index is 1.99. The van der Waals surface area contributed by atoms with Gasteiger partial charge in [0.05, 0.1) is 11.1 Å². The summed E-state index contributed by atoms with van der Waals surface area (Å²) in [4.78, 5) is 37.9. The molecular weight excluding hydrogens is 363 g/mol. The molecule has 0 saturated carbocycles. The zero-order valence-electron chi connectivity index (χ0n) is 15.0. The highest BCUT2D eigenvalue weighted by Crippen LogP contribution is 2.26. The Morgan fingerprint density at radius 3 is 2.69 bits per heavy atom. The lowest BCUT2D eigenvalue weighted by Gasteiger charge is -2.25. The van der Waals surface area contributed by atoms with Gasteiger partial charge in [0.2, 0.25) is 5.91 Å². The Morgan fingerprint density at radius 2 is 2.08 bits per heavy atom. The van der Waals surface area contributed by atoms with Crippen molar-refractivity contribution in [1.82, 2.24) is 10.2 Å². The van der Waals surface area contributed by atoms with Gasteiger partial charge in [0.15, 0.2) is 5.78 Å². The van der Waals surface area contributed by atoms with Gasteiger partial charge in [-0.2, -0.15) is 0 Å². The molecule has 0 aromatic heterocycles. The SMILES string of the molecule is CC(C)(C)OC(=O)NCCN1C(=O)CC[C@H]1C(=O)c1ccc(F)cc1Cl. The average Bonchev–Trinajstić information content (AvgIpc) is 2.86. The number of hydrogen-bond acceptors (Lipinski definition) is 4. The first-order valence-electron chi connectivity index (χ1n) is 8.34. The second kappa shape index (κ2) is 8.03. The van der Waals surface area contributed by atoms with E-state index in [1.807, 2.05) is 0 Å². The third-order valence-electron chi connectivity index (χ3n) is 3.85. The fourth-order valence-electron chi connectivity index (χ4n) is 2.75. The Kier molecular flexibility index (Phi) is 6.23. The van der Waals surface area contributed by atoms with Crippen molar-refractivity contribution in [2.75, 3.05) is 13.1 Å². The molecule has 1 aliphatic rings. The molecule has 1 heterocycles. The topological polar surface area (TPSA) is 75.7 Å². The van der Waals surface area contributed by atoms with Gasteiger partial charge < -0.3 is 15.0 Å². The van der Waals surface area contributed by atoms with Crippen molar-refractivity contribution in [1.29, 1.82) is 0 Å². The van der Waals surface area contributed by atoms with Crippen LogP contribution in [0.15, 0.2) is 18.2 Å². The summed E-state index contributed by atoms with van der Waals surface area (Å²) in [6.07, 6.45) is 0.00744. The van der Waals surface area contributed by atoms with Gasteiger partial charge in [0.1, 0.15) is 11.4 Å². The number of likely N-dealkylation sites (tertiary alicyclic amines) is 1. The molecule has 6 nitrogen and oxygen atoms in total. The van der Waals surface area contributed by atoms with Crippen LogP contribution in [0.1, 0.15) is 44.0 Å². The van der Waals surface area contributed by atoms with E-state index in [1.54, 1.807) is 20.8 Å². The molecule has 1 N–H and O–H groups in total. The number of benzene rings is 1. The van der Waals surface area contributed by atoms with Crippen molar-refractivity contribution in [3.63, 3.8) is 0 Å². The predicted octanol–water partition coefficient (Wildman–Crippen LogP) is 3.18. The minimum Gasteiger partial charge on any atom is -0.444 e. The van der Waals surface area contributed by atoms with E-state index >= 15 is 0 Å². The van der Waals surface area contributed by atoms with Gasteiger partial charge in [-0.15, -0.1) is 0 Å². The number of carbonyl (C=O) groups excluding carboxylic acids is 3. The van der Waals surface area contributed by atoms with Crippen LogP contribution in [0.25, 0.3) is 0 Å². The first-order chi connectivity index (χ1) is 12.1. The van der Waals surface area contributed by atoms with E-state index < -0.39 is 23.6 Å². The molecule has 1 aromatic carbocycles. The quantitative estimate of drug-likeness (QED) is 0.791. The van der Waals surface area contributed by atoms with Crippen LogP contribution in [0, 0.1) is 5.82 Å². The van der Waals surface area contributed by atoms with Crippen LogP contribution in [-0.2, 0) is 9.53 Å². The van der Waals surface area contributed by atoms with Crippen LogP contribution < -0.4 is 5.32 Å². The molecule has 1 atom stereocenters. The highest BCUT2D eigenvalue weighted by Gasteiger charge is 2.36. The van der Waals surface area contributed by atoms with Crippen molar-refractivity contribution in [2.24, 2.45) is 0 Å². The summed E-state index contributed by atoms with van der Waals surface area (Å²) in [7, 11) is 0. The summed E-state index contributed by atoms with van der Waals surface area (Å²) in [6.45, 7) is 5.57. The number of nitrogens with zero attached hydrogens (tertiary/aromatic N) is 1. The molecule has 1 aliphatic heterocycles. The first kappa shape index (κ1) is 20.2. The first-order valence-corrected chi connectivity index (χ1v) is 8.72. The van der Waals surface area contributed by atoms with Crippen LogP contribution in [0.4, 0.5) is 9.18 Å². The van der Waals surface area contributed by atoms with Crippen molar-refractivity contribution < 1.29 is 23.5 Å². The van der Waals surface area contributed by atoms with E-state index in [0.29, 0.717) is 6.42 Å². The number of alkyl carbamates (subject to hydrolysis) is 1. The molecule has 1 fully saturated rings. The van der Waals surface area contributed by atoms with Crippen LogP contribution in [0.3, 0.4) is 0 Å². The van der Waals surface area contributed by atoms with Crippen molar-refractivity contribution in [2.45, 2.75) is 45.3 Å². The molecule has 26 heavy (non-hydrogen) atoms. The maximum atomic E-state index is 13.2. The second-order valence-corrected chi connectivity index (χ2v) is 7.47. The highest BCUT2D eigenvalue weighted by molar-refractivity contribution is 6.34. The molecule has 2 amide bonds. The summed E-state index contributed by atoms with van der Waals surface area (Å²) in [5, 5.41) is 2.58. The molecule has 0 unspecified atom stereocenters. The van der Waals surface area contributed by atoms with Crippen molar-refractivity contribution in [3.8, 4) is 0 Å². The molecule has 0 aliphatic carbocycles. The Hall–Kier alpha value is -2.15. The number of ether oxygens (including phenoxy) is 1. The van der Waals surface area contributed by atoms with Crippen LogP contribution in [0.2, 0.25) is 5.02 Å². The second-order valence-electron chi connectivity index (χ2n) is 7.06. The minimum atomic E-state index is -0.675. The van der Waals surface area contributed by atoms with Gasteiger partial charge in [-0.25, -0.2) is 9.18 Å². The van der Waals surface area contributed by atoms with E-state index in [1.165, 1.54) is 11.0 Å². The molecule has 1 saturated heterocycles. The molecule has 0 radical (unpaired) electrons. The fraction of sp³-hybridized carbons (Fsp3) is 0.500. The fourth-order valence-corrected chi connectivity index (χ4v) is 3.01. The molecule has 2 rings (SSSR count). The molecule has 142 valence electrons. The lowest BCUT2D eigenvalue weighted by Crippen LogP contribution is -2.44. The van der Waals surface area contributed by atoms with Crippen molar-refractivity contribution in [3.05, 3.63) is 34.6 Å². The molecule has 8 heteroatoms. The normalized spacial score (nSPS) is 17.3. The average molecular weight is 385 g/mol. The van der Waals surface area contributed by atoms with Gasteiger partial charge in [0.25, 0.3) is 0 Å². The predicted molar refractivity (Wildman–Crippen MR) is 94.7 cm³/mol. The number of rotatable bonds is 5. The van der Waals surface area contributed by atoms with Gasteiger partial charge in [0, 0.05) is 25.1 Å². The van der Waals surface area contributed by atoms with Gasteiger partial charge in [-0.05, 0) is 45.4 Å². The summed E-state index contributed by atoms with van der Waals surface area (Å²) in [5.74, 6) is -1.04. The standard InChI is InChI=1S/C18H22ClFN2O4/c1-18(2,3)26-17(25)21-8-9-22-14(6-7-15(22)23)16(24)12-5-4-11(20)10-13(12)19/h4-5,10,14H,6-9H2,1-3H3,(H,21,25)/t14-/m0/s1. The number of hydrogen-bond donors (Lipinski definition) is 1. The summed E-state index contributed by atoms with van der Waals surface area (Å²) >= 11 is 5.96. The number of amides is 2. The maximum absolute atomic E-state index is 13.2. The molecule has 0 bridgehead atoms. The summed E-state index contributed by atoms with van der Waals surface area (Å²) in [5.41, 5.74) is -0.441.